The molecule has 0 aliphatic carbocycles. The standard InChI is InChI=1S/C23H20N4O5/c1-16-3-2-4-19(13-16)24-15-22(28)26-25-14-17-5-11-21(12-6-17)32-23(29)18-7-9-20(10-8-18)27(30)31/h2-14,24H,15H2,1H3,(H,26,28)/b25-14+. The lowest BCUT2D eigenvalue weighted by atomic mass is 10.2. The summed E-state index contributed by atoms with van der Waals surface area (Å²) in [6.07, 6.45) is 1.46. The van der Waals surface area contributed by atoms with Crippen molar-refractivity contribution >= 4 is 29.5 Å². The molecule has 0 saturated heterocycles. The van der Waals surface area contributed by atoms with E-state index in [1.54, 1.807) is 24.3 Å². The first-order chi connectivity index (χ1) is 15.4. The molecule has 0 atom stereocenters. The van der Waals surface area contributed by atoms with E-state index in [1.807, 2.05) is 31.2 Å². The van der Waals surface area contributed by atoms with Crippen LogP contribution in [0, 0.1) is 17.0 Å². The number of anilines is 1. The molecule has 9 nitrogen and oxygen atoms in total. The predicted octanol–water partition coefficient (Wildman–Crippen LogP) is 3.68. The van der Waals surface area contributed by atoms with Crippen LogP contribution in [0.2, 0.25) is 0 Å². The van der Waals surface area contributed by atoms with E-state index < -0.39 is 10.9 Å². The molecule has 162 valence electrons. The molecule has 0 unspecified atom stereocenters. The van der Waals surface area contributed by atoms with Crippen LogP contribution in [0.25, 0.3) is 0 Å². The molecule has 0 saturated carbocycles. The third-order valence-corrected chi connectivity index (χ3v) is 4.28. The molecule has 0 radical (unpaired) electrons. The molecule has 3 aromatic rings. The quantitative estimate of drug-likeness (QED) is 0.184. The fourth-order valence-corrected chi connectivity index (χ4v) is 2.66. The summed E-state index contributed by atoms with van der Waals surface area (Å²) >= 11 is 0. The van der Waals surface area contributed by atoms with Gasteiger partial charge in [0.1, 0.15) is 5.75 Å². The number of non-ortho nitro benzene ring substituents is 1. The number of esters is 1. The number of rotatable bonds is 8. The van der Waals surface area contributed by atoms with Gasteiger partial charge in [-0.15, -0.1) is 0 Å². The van der Waals surface area contributed by atoms with Crippen LogP contribution >= 0.6 is 0 Å². The maximum atomic E-state index is 12.1. The summed E-state index contributed by atoms with van der Waals surface area (Å²) in [5.41, 5.74) is 5.15. The summed E-state index contributed by atoms with van der Waals surface area (Å²) in [5, 5.41) is 17.6. The van der Waals surface area contributed by atoms with Crippen LogP contribution in [0.3, 0.4) is 0 Å². The minimum atomic E-state index is -0.630. The molecule has 0 aliphatic heterocycles. The lowest BCUT2D eigenvalue weighted by Gasteiger charge is -2.06. The zero-order valence-electron chi connectivity index (χ0n) is 17.1. The maximum Gasteiger partial charge on any atom is 0.343 e. The molecule has 0 aromatic heterocycles. The second-order valence-corrected chi connectivity index (χ2v) is 6.78. The van der Waals surface area contributed by atoms with Gasteiger partial charge in [0.2, 0.25) is 0 Å². The van der Waals surface area contributed by atoms with Crippen molar-refractivity contribution in [2.24, 2.45) is 5.10 Å². The van der Waals surface area contributed by atoms with Crippen molar-refractivity contribution in [3.63, 3.8) is 0 Å². The molecule has 3 rings (SSSR count). The second-order valence-electron chi connectivity index (χ2n) is 6.78. The number of carbonyl (C=O) groups is 2. The van der Waals surface area contributed by atoms with Crippen LogP contribution in [-0.2, 0) is 4.79 Å². The van der Waals surface area contributed by atoms with Crippen molar-refractivity contribution in [1.82, 2.24) is 5.43 Å². The summed E-state index contributed by atoms with van der Waals surface area (Å²) in [6, 6.07) is 19.3. The van der Waals surface area contributed by atoms with Crippen molar-refractivity contribution in [3.05, 3.63) is 99.6 Å². The topological polar surface area (TPSA) is 123 Å². The molecule has 3 aromatic carbocycles. The van der Waals surface area contributed by atoms with Gasteiger partial charge in [-0.2, -0.15) is 5.10 Å². The van der Waals surface area contributed by atoms with E-state index in [9.17, 15) is 19.7 Å². The van der Waals surface area contributed by atoms with Gasteiger partial charge in [0.15, 0.2) is 0 Å². The summed E-state index contributed by atoms with van der Waals surface area (Å²) in [4.78, 5) is 34.1. The zero-order valence-corrected chi connectivity index (χ0v) is 17.1. The third kappa shape index (κ3) is 6.49. The van der Waals surface area contributed by atoms with Crippen LogP contribution in [0.1, 0.15) is 21.5 Å². The van der Waals surface area contributed by atoms with Crippen molar-refractivity contribution in [2.45, 2.75) is 6.92 Å². The average molecular weight is 432 g/mol. The number of ether oxygens (including phenoxy) is 1. The van der Waals surface area contributed by atoms with E-state index in [-0.39, 0.29) is 23.7 Å². The van der Waals surface area contributed by atoms with Crippen LogP contribution in [0.4, 0.5) is 11.4 Å². The Hall–Kier alpha value is -4.53. The van der Waals surface area contributed by atoms with E-state index >= 15 is 0 Å². The Kier molecular flexibility index (Phi) is 7.26. The number of hydrogen-bond donors (Lipinski definition) is 2. The highest BCUT2D eigenvalue weighted by atomic mass is 16.6. The van der Waals surface area contributed by atoms with E-state index in [1.165, 1.54) is 30.5 Å². The summed E-state index contributed by atoms with van der Waals surface area (Å²) in [5.74, 6) is -0.622. The van der Waals surface area contributed by atoms with Crippen LogP contribution < -0.4 is 15.5 Å². The highest BCUT2D eigenvalue weighted by molar-refractivity contribution is 5.91. The predicted molar refractivity (Wildman–Crippen MR) is 120 cm³/mol. The van der Waals surface area contributed by atoms with Gasteiger partial charge in [0, 0.05) is 17.8 Å². The second kappa shape index (κ2) is 10.5. The first-order valence-corrected chi connectivity index (χ1v) is 9.60. The van der Waals surface area contributed by atoms with Gasteiger partial charge in [-0.1, -0.05) is 12.1 Å². The number of nitro benzene ring substituents is 1. The van der Waals surface area contributed by atoms with Gasteiger partial charge in [0.05, 0.1) is 23.2 Å². The fraction of sp³-hybridized carbons (Fsp3) is 0.0870. The minimum Gasteiger partial charge on any atom is -0.423 e. The number of nitrogens with one attached hydrogen (secondary N) is 2. The number of hydrazone groups is 1. The summed E-state index contributed by atoms with van der Waals surface area (Å²) < 4.78 is 5.25. The first-order valence-electron chi connectivity index (χ1n) is 9.60. The van der Waals surface area contributed by atoms with Crippen LogP contribution in [-0.4, -0.2) is 29.6 Å². The number of aryl methyl sites for hydroxylation is 1. The maximum absolute atomic E-state index is 12.1. The molecule has 0 heterocycles. The Morgan fingerprint density at radius 2 is 1.78 bits per heavy atom. The van der Waals surface area contributed by atoms with Crippen molar-refractivity contribution in [3.8, 4) is 5.75 Å². The third-order valence-electron chi connectivity index (χ3n) is 4.28. The highest BCUT2D eigenvalue weighted by Crippen LogP contribution is 2.16. The van der Waals surface area contributed by atoms with Crippen molar-refractivity contribution < 1.29 is 19.2 Å². The number of carbonyl (C=O) groups excluding carboxylic acids is 2. The smallest absolute Gasteiger partial charge is 0.343 e. The lowest BCUT2D eigenvalue weighted by molar-refractivity contribution is -0.384. The monoisotopic (exact) mass is 432 g/mol. The molecule has 0 aliphatic rings. The van der Waals surface area contributed by atoms with Gasteiger partial charge in [0.25, 0.3) is 11.6 Å². The van der Waals surface area contributed by atoms with E-state index in [0.29, 0.717) is 11.3 Å². The molecular formula is C23H20N4O5. The largest absolute Gasteiger partial charge is 0.423 e. The molecule has 9 heteroatoms. The molecular weight excluding hydrogens is 412 g/mol. The number of benzene rings is 3. The number of nitrogens with zero attached hydrogens (tertiary/aromatic N) is 2. The lowest BCUT2D eigenvalue weighted by Crippen LogP contribution is -2.25. The van der Waals surface area contributed by atoms with Crippen LogP contribution in [0.15, 0.2) is 77.9 Å². The first kappa shape index (κ1) is 22.2. The van der Waals surface area contributed by atoms with E-state index in [0.717, 1.165) is 11.3 Å². The van der Waals surface area contributed by atoms with Gasteiger partial charge in [-0.05, 0) is 66.6 Å². The Labute approximate surface area is 183 Å². The number of amides is 1. The molecule has 0 bridgehead atoms. The summed E-state index contributed by atoms with van der Waals surface area (Å²) in [6.45, 7) is 2.05. The Morgan fingerprint density at radius 1 is 1.06 bits per heavy atom. The van der Waals surface area contributed by atoms with Gasteiger partial charge < -0.3 is 10.1 Å². The molecule has 0 fully saturated rings. The number of hydrogen-bond acceptors (Lipinski definition) is 7. The van der Waals surface area contributed by atoms with Gasteiger partial charge >= 0.3 is 5.97 Å². The Balaban J connectivity index is 1.47. The normalized spacial score (nSPS) is 10.5. The molecule has 0 spiro atoms. The van der Waals surface area contributed by atoms with E-state index in [4.69, 9.17) is 4.74 Å². The van der Waals surface area contributed by atoms with Gasteiger partial charge in [-0.25, -0.2) is 10.2 Å². The Bertz CT molecular complexity index is 1140. The molecule has 32 heavy (non-hydrogen) atoms. The van der Waals surface area contributed by atoms with Gasteiger partial charge in [-0.3, -0.25) is 14.9 Å². The Morgan fingerprint density at radius 3 is 2.44 bits per heavy atom. The van der Waals surface area contributed by atoms with Crippen molar-refractivity contribution in [2.75, 3.05) is 11.9 Å². The average Bonchev–Trinajstić information content (AvgIpc) is 2.79. The minimum absolute atomic E-state index is 0.0817. The van der Waals surface area contributed by atoms with Crippen LogP contribution in [0.5, 0.6) is 5.75 Å². The highest BCUT2D eigenvalue weighted by Gasteiger charge is 2.11. The van der Waals surface area contributed by atoms with Crippen molar-refractivity contribution in [1.29, 1.82) is 0 Å². The van der Waals surface area contributed by atoms with E-state index in [2.05, 4.69) is 15.8 Å². The molecule has 2 N–H and O–H groups in total. The SMILES string of the molecule is Cc1cccc(NCC(=O)N/N=C/c2ccc(OC(=O)c3ccc([N+](=O)[O-])cc3)cc2)c1. The summed E-state index contributed by atoms with van der Waals surface area (Å²) in [7, 11) is 0. The number of nitro groups is 1. The zero-order chi connectivity index (χ0) is 22.9. The fourth-order valence-electron chi connectivity index (χ4n) is 2.66. The molecule has 1 amide bonds.